The van der Waals surface area contributed by atoms with Crippen LogP contribution >= 0.6 is 0 Å². The van der Waals surface area contributed by atoms with Crippen molar-refractivity contribution in [1.29, 1.82) is 0 Å². The summed E-state index contributed by atoms with van der Waals surface area (Å²) in [5, 5.41) is 41.8. The molecule has 16 heteroatoms. The Kier molecular flexibility index (Phi) is 13.0. The van der Waals surface area contributed by atoms with Gasteiger partial charge in [0, 0.05) is 31.2 Å². The molecule has 0 saturated heterocycles. The van der Waals surface area contributed by atoms with Crippen LogP contribution in [0.3, 0.4) is 0 Å². The van der Waals surface area contributed by atoms with Crippen LogP contribution in [0.5, 0.6) is 5.75 Å². The molecule has 0 heterocycles. The van der Waals surface area contributed by atoms with E-state index < -0.39 is 76.9 Å². The molecule has 16 nitrogen and oxygen atoms in total. The largest absolute Gasteiger partial charge is 0.508 e. The van der Waals surface area contributed by atoms with Gasteiger partial charge < -0.3 is 36.8 Å². The maximum Gasteiger partial charge on any atom is 0.305 e. The quantitative estimate of drug-likeness (QED) is 0.107. The number of rotatable bonds is 15. The third-order valence-electron chi connectivity index (χ3n) is 6.43. The molecule has 0 fully saturated rings. The molecular weight excluding hydrogens is 592 g/mol. The minimum atomic E-state index is -1.57. The second-order valence-electron chi connectivity index (χ2n) is 10.5. The van der Waals surface area contributed by atoms with E-state index in [0.29, 0.717) is 5.56 Å². The number of carbonyl (C=O) groups is 6. The van der Waals surface area contributed by atoms with Crippen LogP contribution in [0.15, 0.2) is 48.5 Å². The Labute approximate surface area is 258 Å². The fourth-order valence-corrected chi connectivity index (χ4v) is 4.06. The zero-order valence-corrected chi connectivity index (χ0v) is 25.0. The second kappa shape index (κ2) is 16.3. The molecule has 2 aromatic carbocycles. The topological polar surface area (TPSA) is 246 Å². The van der Waals surface area contributed by atoms with Crippen molar-refractivity contribution in [3.8, 4) is 5.75 Å². The lowest BCUT2D eigenvalue weighted by molar-refractivity contribution is -0.384. The number of carboxylic acids is 1. The molecule has 0 radical (unpaired) electrons. The van der Waals surface area contributed by atoms with E-state index in [1.165, 1.54) is 38.1 Å². The number of aromatic hydroxyl groups is 1. The zero-order valence-electron chi connectivity index (χ0n) is 25.0. The summed E-state index contributed by atoms with van der Waals surface area (Å²) < 4.78 is 0. The number of phenols is 1. The van der Waals surface area contributed by atoms with Gasteiger partial charge in [0.2, 0.25) is 29.5 Å². The third kappa shape index (κ3) is 11.6. The van der Waals surface area contributed by atoms with Gasteiger partial charge in [0.15, 0.2) is 0 Å². The summed E-state index contributed by atoms with van der Waals surface area (Å²) in [7, 11) is 0. The molecule has 0 aliphatic rings. The van der Waals surface area contributed by atoms with Crippen molar-refractivity contribution < 1.29 is 43.9 Å². The van der Waals surface area contributed by atoms with Gasteiger partial charge in [-0.15, -0.1) is 0 Å². The number of hydrogen-bond donors (Lipinski definition) is 7. The van der Waals surface area contributed by atoms with Crippen LogP contribution in [0.2, 0.25) is 0 Å². The van der Waals surface area contributed by atoms with E-state index in [2.05, 4.69) is 26.6 Å². The van der Waals surface area contributed by atoms with Crippen LogP contribution in [-0.2, 0) is 35.2 Å². The fourth-order valence-electron chi connectivity index (χ4n) is 4.06. The standard InChI is InChI=1S/C29H36N6O10/c1-15(2)25(34-28(42)22(31-17(4)36)13-18-5-11-21(37)12-6-18)29(43)30-16(3)26(40)33-23(14-24(38)39)27(41)32-19-7-9-20(10-8-19)35(44)45/h5-12,15-16,22-23,25,37H,13-14H2,1-4H3,(H,30,43)(H,31,36)(H,32,41)(H,33,40)(H,34,42)(H,38,39)/t16-,22-,23-,25-/m0/s1. The van der Waals surface area contributed by atoms with Gasteiger partial charge in [-0.2, -0.15) is 0 Å². The fraction of sp³-hybridized carbons (Fsp3) is 0.379. The number of non-ortho nitro benzene ring substituents is 1. The van der Waals surface area contributed by atoms with E-state index in [-0.39, 0.29) is 23.5 Å². The van der Waals surface area contributed by atoms with Gasteiger partial charge >= 0.3 is 5.97 Å². The van der Waals surface area contributed by atoms with Gasteiger partial charge in [-0.3, -0.25) is 38.9 Å². The number of carboxylic acid groups (broad SMARTS) is 1. The third-order valence-corrected chi connectivity index (χ3v) is 6.43. The zero-order chi connectivity index (χ0) is 33.8. The first kappa shape index (κ1) is 35.7. The number of nitrogens with zero attached hydrogens (tertiary/aromatic N) is 1. The van der Waals surface area contributed by atoms with Gasteiger partial charge in [-0.05, 0) is 42.7 Å². The first-order valence-corrected chi connectivity index (χ1v) is 13.8. The van der Waals surface area contributed by atoms with Crippen molar-refractivity contribution in [3.05, 3.63) is 64.2 Å². The molecule has 45 heavy (non-hydrogen) atoms. The summed E-state index contributed by atoms with van der Waals surface area (Å²) in [6.07, 6.45) is -0.745. The molecule has 7 N–H and O–H groups in total. The van der Waals surface area contributed by atoms with Crippen molar-refractivity contribution in [2.45, 2.75) is 64.7 Å². The minimum Gasteiger partial charge on any atom is -0.508 e. The summed E-state index contributed by atoms with van der Waals surface area (Å²) in [5.41, 5.74) is 0.521. The van der Waals surface area contributed by atoms with E-state index in [9.17, 15) is 49.1 Å². The van der Waals surface area contributed by atoms with E-state index in [0.717, 1.165) is 12.1 Å². The van der Waals surface area contributed by atoms with Gasteiger partial charge in [-0.25, -0.2) is 0 Å². The number of nitro benzene ring substituents is 1. The number of nitrogens with one attached hydrogen (secondary N) is 5. The first-order valence-electron chi connectivity index (χ1n) is 13.8. The Balaban J connectivity index is 2.09. The van der Waals surface area contributed by atoms with Crippen molar-refractivity contribution in [1.82, 2.24) is 21.3 Å². The number of aliphatic carboxylic acids is 1. The minimum absolute atomic E-state index is 0.0216. The number of hydrogen-bond acceptors (Lipinski definition) is 9. The molecule has 0 aromatic heterocycles. The predicted octanol–water partition coefficient (Wildman–Crippen LogP) is 0.591. The number of nitro groups is 1. The number of phenolic OH excluding ortho intramolecular Hbond substituents is 1. The van der Waals surface area contributed by atoms with Gasteiger partial charge in [-0.1, -0.05) is 26.0 Å². The van der Waals surface area contributed by atoms with Crippen LogP contribution in [-0.4, -0.2) is 74.8 Å². The first-order chi connectivity index (χ1) is 21.1. The number of benzene rings is 2. The Morgan fingerprint density at radius 2 is 1.38 bits per heavy atom. The van der Waals surface area contributed by atoms with Crippen LogP contribution in [0, 0.1) is 16.0 Å². The van der Waals surface area contributed by atoms with Crippen LogP contribution in [0.25, 0.3) is 0 Å². The molecular formula is C29H36N6O10. The van der Waals surface area contributed by atoms with E-state index in [1.54, 1.807) is 26.0 Å². The highest BCUT2D eigenvalue weighted by Crippen LogP contribution is 2.16. The highest BCUT2D eigenvalue weighted by molar-refractivity contribution is 6.00. The van der Waals surface area contributed by atoms with Crippen LogP contribution in [0.1, 0.15) is 39.7 Å². The molecule has 0 saturated carbocycles. The SMILES string of the molecule is CC(=O)N[C@@H](Cc1ccc(O)cc1)C(=O)N[C@H](C(=O)N[C@@H](C)C(=O)N[C@@H](CC(=O)O)C(=O)Nc1ccc([N+](=O)[O-])cc1)C(C)C. The lowest BCUT2D eigenvalue weighted by Gasteiger charge is -2.27. The molecule has 0 aliphatic heterocycles. The highest BCUT2D eigenvalue weighted by Gasteiger charge is 2.32. The summed E-state index contributed by atoms with van der Waals surface area (Å²) >= 11 is 0. The Morgan fingerprint density at radius 1 is 0.778 bits per heavy atom. The number of anilines is 1. The van der Waals surface area contributed by atoms with Crippen molar-refractivity contribution >= 4 is 46.9 Å². The maximum absolute atomic E-state index is 13.1. The Hall–Kier alpha value is -5.54. The van der Waals surface area contributed by atoms with E-state index in [4.69, 9.17) is 0 Å². The summed E-state index contributed by atoms with van der Waals surface area (Å²) in [4.78, 5) is 85.3. The lowest BCUT2D eigenvalue weighted by atomic mass is 10.0. The highest BCUT2D eigenvalue weighted by atomic mass is 16.6. The molecule has 0 aliphatic carbocycles. The van der Waals surface area contributed by atoms with Gasteiger partial charge in [0.25, 0.3) is 5.69 Å². The van der Waals surface area contributed by atoms with Crippen LogP contribution in [0.4, 0.5) is 11.4 Å². The van der Waals surface area contributed by atoms with E-state index >= 15 is 0 Å². The molecule has 0 unspecified atom stereocenters. The molecule has 242 valence electrons. The average molecular weight is 629 g/mol. The molecule has 2 aromatic rings. The molecule has 0 spiro atoms. The van der Waals surface area contributed by atoms with Gasteiger partial charge in [0.05, 0.1) is 11.3 Å². The monoisotopic (exact) mass is 628 g/mol. The van der Waals surface area contributed by atoms with Crippen molar-refractivity contribution in [3.63, 3.8) is 0 Å². The predicted molar refractivity (Wildman–Crippen MR) is 160 cm³/mol. The summed E-state index contributed by atoms with van der Waals surface area (Å²) in [6, 6.07) is 5.69. The van der Waals surface area contributed by atoms with Gasteiger partial charge in [0.1, 0.15) is 29.9 Å². The molecule has 0 bridgehead atoms. The molecule has 5 amide bonds. The van der Waals surface area contributed by atoms with Crippen LogP contribution < -0.4 is 26.6 Å². The lowest BCUT2D eigenvalue weighted by Crippen LogP contribution is -2.58. The van der Waals surface area contributed by atoms with Crippen molar-refractivity contribution in [2.75, 3.05) is 5.32 Å². The smallest absolute Gasteiger partial charge is 0.305 e. The van der Waals surface area contributed by atoms with Crippen molar-refractivity contribution in [2.24, 2.45) is 5.92 Å². The molecule has 4 atom stereocenters. The summed E-state index contributed by atoms with van der Waals surface area (Å²) in [5.74, 6) is -5.57. The summed E-state index contributed by atoms with van der Waals surface area (Å²) in [6.45, 7) is 5.82. The van der Waals surface area contributed by atoms with E-state index in [1.807, 2.05) is 0 Å². The number of amides is 5. The average Bonchev–Trinajstić information content (AvgIpc) is 2.95. The maximum atomic E-state index is 13.1. The Bertz CT molecular complexity index is 1410. The Morgan fingerprint density at radius 3 is 1.89 bits per heavy atom. The normalized spacial score (nSPS) is 13.4. The number of carbonyl (C=O) groups excluding carboxylic acids is 5. The second-order valence-corrected chi connectivity index (χ2v) is 10.5. The molecule has 2 rings (SSSR count).